The van der Waals surface area contributed by atoms with Gasteiger partial charge in [0.25, 0.3) is 12.3 Å². The van der Waals surface area contributed by atoms with E-state index in [1.807, 2.05) is 0 Å². The fourth-order valence-corrected chi connectivity index (χ4v) is 0.985. The molecule has 0 saturated carbocycles. The zero-order valence-electron chi connectivity index (χ0n) is 7.49. The number of nitrogens with zero attached hydrogens (tertiary/aromatic N) is 2. The van der Waals surface area contributed by atoms with Gasteiger partial charge in [-0.3, -0.25) is 14.9 Å². The summed E-state index contributed by atoms with van der Waals surface area (Å²) in [6.07, 6.45) is -3.38. The number of nitro groups is 1. The minimum atomic E-state index is -3.38. The Labute approximate surface area is 86.0 Å². The molecule has 0 spiro atoms. The van der Waals surface area contributed by atoms with Gasteiger partial charge in [0.05, 0.1) is 4.92 Å². The molecule has 1 amide bonds. The van der Waals surface area contributed by atoms with Crippen molar-refractivity contribution in [2.24, 2.45) is 5.73 Å². The predicted octanol–water partition coefficient (Wildman–Crippen LogP) is 1.17. The van der Waals surface area contributed by atoms with Gasteiger partial charge in [0.2, 0.25) is 5.82 Å². The molecule has 0 bridgehead atoms. The van der Waals surface area contributed by atoms with E-state index in [2.05, 4.69) is 4.98 Å². The van der Waals surface area contributed by atoms with E-state index in [9.17, 15) is 28.1 Å². The fourth-order valence-electron chi connectivity index (χ4n) is 0.985. The van der Waals surface area contributed by atoms with Crippen LogP contribution in [0.5, 0.6) is 0 Å². The third-order valence-corrected chi connectivity index (χ3v) is 1.61. The van der Waals surface area contributed by atoms with Gasteiger partial charge in [-0.1, -0.05) is 0 Å². The molecule has 0 aromatic carbocycles. The Morgan fingerprint density at radius 3 is 2.50 bits per heavy atom. The number of aromatic nitrogens is 1. The number of pyridine rings is 1. The van der Waals surface area contributed by atoms with Gasteiger partial charge in [-0.15, -0.1) is 0 Å². The molecule has 0 radical (unpaired) electrons. The van der Waals surface area contributed by atoms with Crippen LogP contribution in [0.15, 0.2) is 6.07 Å². The van der Waals surface area contributed by atoms with Crippen molar-refractivity contribution in [3.05, 3.63) is 33.4 Å². The van der Waals surface area contributed by atoms with Crippen molar-refractivity contribution in [3.8, 4) is 0 Å². The maximum atomic E-state index is 13.1. The molecule has 0 aliphatic rings. The first-order valence-electron chi connectivity index (χ1n) is 3.77. The van der Waals surface area contributed by atoms with Crippen molar-refractivity contribution >= 4 is 11.6 Å². The Morgan fingerprint density at radius 1 is 1.56 bits per heavy atom. The third kappa shape index (κ3) is 2.07. The zero-order valence-corrected chi connectivity index (χ0v) is 7.49. The molecular formula is C7H4F3N3O3. The van der Waals surface area contributed by atoms with Gasteiger partial charge >= 0.3 is 5.69 Å². The molecule has 0 atom stereocenters. The topological polar surface area (TPSA) is 99.1 Å². The SMILES string of the molecule is NC(=O)c1cc(F)c([N+](=O)[O-])c(C(F)F)n1. The van der Waals surface area contributed by atoms with E-state index in [4.69, 9.17) is 5.73 Å². The van der Waals surface area contributed by atoms with Crippen LogP contribution in [-0.4, -0.2) is 15.8 Å². The second-order valence-corrected chi connectivity index (χ2v) is 2.65. The van der Waals surface area contributed by atoms with E-state index < -0.39 is 40.1 Å². The second kappa shape index (κ2) is 4.13. The van der Waals surface area contributed by atoms with Crippen LogP contribution in [0.1, 0.15) is 22.6 Å². The predicted molar refractivity (Wildman–Crippen MR) is 44.3 cm³/mol. The molecule has 1 heterocycles. The lowest BCUT2D eigenvalue weighted by molar-refractivity contribution is -0.389. The molecule has 1 aromatic heterocycles. The molecule has 0 unspecified atom stereocenters. The van der Waals surface area contributed by atoms with Crippen LogP contribution in [0.4, 0.5) is 18.9 Å². The Hall–Kier alpha value is -2.19. The largest absolute Gasteiger partial charge is 0.364 e. The Balaban J connectivity index is 3.51. The Bertz CT molecular complexity index is 464. The molecule has 2 N–H and O–H groups in total. The monoisotopic (exact) mass is 235 g/mol. The summed E-state index contributed by atoms with van der Waals surface area (Å²) in [6.45, 7) is 0. The first-order chi connectivity index (χ1) is 7.34. The number of hydrogen-bond donors (Lipinski definition) is 1. The number of carbonyl (C=O) groups is 1. The van der Waals surface area contributed by atoms with Crippen molar-refractivity contribution in [2.75, 3.05) is 0 Å². The molecule has 86 valence electrons. The normalized spacial score (nSPS) is 10.5. The average Bonchev–Trinajstić information content (AvgIpc) is 2.15. The van der Waals surface area contributed by atoms with Gasteiger partial charge in [0.15, 0.2) is 5.69 Å². The standard InChI is InChI=1S/C7H4F3N3O3/c8-2-1-3(7(11)14)12-4(6(9)10)5(2)13(15)16/h1,6H,(H2,11,14). The number of amides is 1. The van der Waals surface area contributed by atoms with Crippen molar-refractivity contribution in [1.29, 1.82) is 0 Å². The summed E-state index contributed by atoms with van der Waals surface area (Å²) in [4.78, 5) is 22.5. The molecule has 1 aromatic rings. The van der Waals surface area contributed by atoms with Gasteiger partial charge in [-0.2, -0.15) is 4.39 Å². The lowest BCUT2D eigenvalue weighted by atomic mass is 10.2. The van der Waals surface area contributed by atoms with Gasteiger partial charge in [0.1, 0.15) is 5.69 Å². The van der Waals surface area contributed by atoms with Gasteiger partial charge in [0, 0.05) is 6.07 Å². The summed E-state index contributed by atoms with van der Waals surface area (Å²) in [5.74, 6) is -2.83. The van der Waals surface area contributed by atoms with Gasteiger partial charge in [-0.05, 0) is 0 Å². The van der Waals surface area contributed by atoms with Crippen molar-refractivity contribution in [1.82, 2.24) is 4.98 Å². The van der Waals surface area contributed by atoms with E-state index in [-0.39, 0.29) is 0 Å². The number of nitrogens with two attached hydrogens (primary N) is 1. The van der Waals surface area contributed by atoms with E-state index >= 15 is 0 Å². The Morgan fingerprint density at radius 2 is 2.12 bits per heavy atom. The van der Waals surface area contributed by atoms with Crippen molar-refractivity contribution < 1.29 is 22.9 Å². The number of halogens is 3. The molecule has 9 heteroatoms. The number of carbonyl (C=O) groups excluding carboxylic acids is 1. The summed E-state index contributed by atoms with van der Waals surface area (Å²) in [5, 5.41) is 10.3. The van der Waals surface area contributed by atoms with E-state index in [1.165, 1.54) is 0 Å². The highest BCUT2D eigenvalue weighted by atomic mass is 19.3. The maximum absolute atomic E-state index is 13.1. The van der Waals surface area contributed by atoms with Crippen LogP contribution < -0.4 is 5.73 Å². The van der Waals surface area contributed by atoms with Crippen molar-refractivity contribution in [2.45, 2.75) is 6.43 Å². The smallest absolute Gasteiger partial charge is 0.332 e. The molecule has 0 aliphatic heterocycles. The third-order valence-electron chi connectivity index (χ3n) is 1.61. The average molecular weight is 235 g/mol. The molecule has 16 heavy (non-hydrogen) atoms. The van der Waals surface area contributed by atoms with E-state index in [0.29, 0.717) is 6.07 Å². The molecule has 0 fully saturated rings. The summed E-state index contributed by atoms with van der Waals surface area (Å²) < 4.78 is 37.7. The Kier molecular flexibility index (Phi) is 3.06. The first kappa shape index (κ1) is 11.9. The summed E-state index contributed by atoms with van der Waals surface area (Å²) in [5.41, 5.74) is 1.03. The van der Waals surface area contributed by atoms with E-state index in [0.717, 1.165) is 0 Å². The molecule has 6 nitrogen and oxygen atoms in total. The molecule has 1 rings (SSSR count). The highest BCUT2D eigenvalue weighted by Gasteiger charge is 2.30. The van der Waals surface area contributed by atoms with Crippen LogP contribution in [0.2, 0.25) is 0 Å². The number of primary amides is 1. The van der Waals surface area contributed by atoms with Crippen LogP contribution in [0, 0.1) is 15.9 Å². The highest BCUT2D eigenvalue weighted by Crippen LogP contribution is 2.29. The van der Waals surface area contributed by atoms with Crippen LogP contribution in [0.3, 0.4) is 0 Å². The molecule has 0 saturated heterocycles. The number of rotatable bonds is 3. The minimum absolute atomic E-state index is 0.340. The molecule has 0 aliphatic carbocycles. The molecular weight excluding hydrogens is 231 g/mol. The second-order valence-electron chi connectivity index (χ2n) is 2.65. The van der Waals surface area contributed by atoms with Crippen LogP contribution >= 0.6 is 0 Å². The number of hydrogen-bond acceptors (Lipinski definition) is 4. The summed E-state index contributed by atoms with van der Waals surface area (Å²) in [7, 11) is 0. The van der Waals surface area contributed by atoms with Crippen LogP contribution in [0.25, 0.3) is 0 Å². The van der Waals surface area contributed by atoms with Gasteiger partial charge < -0.3 is 5.73 Å². The van der Waals surface area contributed by atoms with Gasteiger partial charge in [-0.25, -0.2) is 13.8 Å². The van der Waals surface area contributed by atoms with E-state index in [1.54, 1.807) is 0 Å². The van der Waals surface area contributed by atoms with Crippen LogP contribution in [-0.2, 0) is 0 Å². The first-order valence-corrected chi connectivity index (χ1v) is 3.77. The number of alkyl halides is 2. The fraction of sp³-hybridized carbons (Fsp3) is 0.143. The quantitative estimate of drug-likeness (QED) is 0.627. The highest BCUT2D eigenvalue weighted by molar-refractivity contribution is 5.91. The minimum Gasteiger partial charge on any atom is -0.364 e. The lowest BCUT2D eigenvalue weighted by Gasteiger charge is -2.03. The van der Waals surface area contributed by atoms with Crippen molar-refractivity contribution in [3.63, 3.8) is 0 Å². The lowest BCUT2D eigenvalue weighted by Crippen LogP contribution is -2.16. The zero-order chi connectivity index (χ0) is 12.5. The summed E-state index contributed by atoms with van der Waals surface area (Å²) >= 11 is 0. The maximum Gasteiger partial charge on any atom is 0.332 e. The summed E-state index contributed by atoms with van der Waals surface area (Å²) in [6, 6.07) is 0.340.